The lowest BCUT2D eigenvalue weighted by atomic mass is 10.3. The van der Waals surface area contributed by atoms with Crippen molar-refractivity contribution in [2.24, 2.45) is 0 Å². The molecule has 0 saturated carbocycles. The molecule has 3 N–H and O–H groups in total. The lowest BCUT2D eigenvalue weighted by Gasteiger charge is -2.19. The second-order valence-electron chi connectivity index (χ2n) is 5.72. The molecule has 0 saturated heterocycles. The molecule has 0 bridgehead atoms. The first-order valence-electron chi connectivity index (χ1n) is 8.02. The lowest BCUT2D eigenvalue weighted by molar-refractivity contribution is 0.483. The monoisotopic (exact) mass is 438 g/mol. The van der Waals surface area contributed by atoms with Crippen LogP contribution in [0.4, 0.5) is 0 Å². The molecule has 28 heavy (non-hydrogen) atoms. The molecular formula is C20H23O5PS2. The van der Waals surface area contributed by atoms with Crippen molar-refractivity contribution < 1.29 is 23.0 Å². The quantitative estimate of drug-likeness (QED) is 0.381. The Balaban J connectivity index is 0.000000717. The van der Waals surface area contributed by atoms with Crippen LogP contribution in [-0.2, 0) is 21.3 Å². The second-order valence-corrected chi connectivity index (χ2v) is 10.8. The minimum absolute atomic E-state index is 0. The van der Waals surface area contributed by atoms with Crippen LogP contribution in [0, 0.1) is 0 Å². The third-order valence-corrected chi connectivity index (χ3v) is 6.73. The molecule has 0 spiro atoms. The normalized spacial score (nSPS) is 10.8. The van der Waals surface area contributed by atoms with E-state index >= 15 is 0 Å². The van der Waals surface area contributed by atoms with Crippen LogP contribution in [0.5, 0.6) is 0 Å². The molecule has 3 aromatic rings. The van der Waals surface area contributed by atoms with Gasteiger partial charge in [0.15, 0.2) is 0 Å². The largest absolute Gasteiger partial charge is 0.617 e. The average molecular weight is 439 g/mol. The van der Waals surface area contributed by atoms with E-state index in [4.69, 9.17) is 4.55 Å². The molecule has 0 aliphatic heterocycles. The molecule has 150 valence electrons. The fourth-order valence-corrected chi connectivity index (χ4v) is 5.13. The van der Waals surface area contributed by atoms with Crippen LogP contribution in [0.3, 0.4) is 0 Å². The van der Waals surface area contributed by atoms with Gasteiger partial charge in [0.2, 0.25) is 0 Å². The van der Waals surface area contributed by atoms with E-state index in [1.807, 2.05) is 36.4 Å². The van der Waals surface area contributed by atoms with E-state index in [1.54, 1.807) is 24.6 Å². The van der Waals surface area contributed by atoms with E-state index in [-0.39, 0.29) is 10.4 Å². The van der Waals surface area contributed by atoms with Gasteiger partial charge in [0.05, 0.1) is 17.4 Å². The fraction of sp³-hybridized carbons (Fsp3) is 0.100. The van der Waals surface area contributed by atoms with Gasteiger partial charge in [0.1, 0.15) is 0 Å². The Morgan fingerprint density at radius 2 is 1.07 bits per heavy atom. The summed E-state index contributed by atoms with van der Waals surface area (Å²) in [6, 6.07) is 26.7. The SMILES string of the molecule is C[S+](C)[O-].O.O=S(=O)(O)c1ccc(P(c2ccccc2)c2ccccc2)cc1. The molecule has 5 nitrogen and oxygen atoms in total. The zero-order chi connectivity index (χ0) is 19.9. The van der Waals surface area contributed by atoms with Gasteiger partial charge in [-0.1, -0.05) is 84.0 Å². The molecule has 3 rings (SSSR count). The van der Waals surface area contributed by atoms with Crippen molar-refractivity contribution in [1.82, 2.24) is 0 Å². The summed E-state index contributed by atoms with van der Waals surface area (Å²) in [5.41, 5.74) is 0. The first kappa shape index (κ1) is 24.3. The lowest BCUT2D eigenvalue weighted by Crippen LogP contribution is -2.20. The van der Waals surface area contributed by atoms with Gasteiger partial charge in [0.25, 0.3) is 10.1 Å². The van der Waals surface area contributed by atoms with Crippen LogP contribution in [0.1, 0.15) is 0 Å². The summed E-state index contributed by atoms with van der Waals surface area (Å²) < 4.78 is 41.1. The third-order valence-electron chi connectivity index (χ3n) is 3.42. The Morgan fingerprint density at radius 3 is 1.39 bits per heavy atom. The molecule has 3 aromatic carbocycles. The molecule has 0 atom stereocenters. The Kier molecular flexibility index (Phi) is 9.82. The molecule has 0 fully saturated rings. The molecule has 0 aliphatic carbocycles. The van der Waals surface area contributed by atoms with Crippen molar-refractivity contribution >= 4 is 45.1 Å². The van der Waals surface area contributed by atoms with Crippen LogP contribution in [0.2, 0.25) is 0 Å². The van der Waals surface area contributed by atoms with E-state index in [2.05, 4.69) is 24.3 Å². The number of rotatable bonds is 4. The summed E-state index contributed by atoms with van der Waals surface area (Å²) in [5.74, 6) is 0. The molecule has 0 radical (unpaired) electrons. The number of benzene rings is 3. The van der Waals surface area contributed by atoms with E-state index in [0.717, 1.165) is 5.30 Å². The topological polar surface area (TPSA) is 109 Å². The zero-order valence-electron chi connectivity index (χ0n) is 15.5. The van der Waals surface area contributed by atoms with Gasteiger partial charge in [0, 0.05) is 0 Å². The maximum Gasteiger partial charge on any atom is 0.294 e. The van der Waals surface area contributed by atoms with E-state index in [0.29, 0.717) is 0 Å². The average Bonchev–Trinajstić information content (AvgIpc) is 2.63. The van der Waals surface area contributed by atoms with Gasteiger partial charge in [-0.2, -0.15) is 8.42 Å². The van der Waals surface area contributed by atoms with Crippen molar-refractivity contribution in [1.29, 1.82) is 0 Å². The Hall–Kier alpha value is -1.73. The van der Waals surface area contributed by atoms with Crippen LogP contribution in [0.15, 0.2) is 89.8 Å². The summed E-state index contributed by atoms with van der Waals surface area (Å²) in [5, 5.41) is 3.41. The molecule has 0 aliphatic rings. The highest BCUT2D eigenvalue weighted by Gasteiger charge is 2.17. The highest BCUT2D eigenvalue weighted by molar-refractivity contribution is 7.89. The highest BCUT2D eigenvalue weighted by atomic mass is 32.2. The molecule has 0 heterocycles. The van der Waals surface area contributed by atoms with Gasteiger partial charge in [-0.05, 0) is 36.0 Å². The maximum absolute atomic E-state index is 11.2. The Bertz CT molecular complexity index is 889. The summed E-state index contributed by atoms with van der Waals surface area (Å²) in [6.07, 6.45) is 3.28. The molecule has 0 amide bonds. The Labute approximate surface area is 170 Å². The van der Waals surface area contributed by atoms with Crippen molar-refractivity contribution in [2.45, 2.75) is 4.90 Å². The minimum Gasteiger partial charge on any atom is -0.617 e. The van der Waals surface area contributed by atoms with E-state index in [9.17, 15) is 13.0 Å². The molecular weight excluding hydrogens is 415 g/mol. The van der Waals surface area contributed by atoms with E-state index in [1.165, 1.54) is 22.7 Å². The fourth-order valence-electron chi connectivity index (χ4n) is 2.37. The summed E-state index contributed by atoms with van der Waals surface area (Å²) in [6.45, 7) is 0. The number of hydrogen-bond acceptors (Lipinski definition) is 3. The minimum atomic E-state index is -4.17. The van der Waals surface area contributed by atoms with Gasteiger partial charge in [-0.15, -0.1) is 0 Å². The second kappa shape index (κ2) is 11.3. The van der Waals surface area contributed by atoms with Gasteiger partial charge < -0.3 is 10.0 Å². The first-order chi connectivity index (χ1) is 12.8. The Morgan fingerprint density at radius 1 is 0.750 bits per heavy atom. The van der Waals surface area contributed by atoms with Crippen LogP contribution >= 0.6 is 7.92 Å². The van der Waals surface area contributed by atoms with Crippen LogP contribution in [0.25, 0.3) is 0 Å². The maximum atomic E-state index is 11.2. The molecule has 0 unspecified atom stereocenters. The summed E-state index contributed by atoms with van der Waals surface area (Å²) >= 11 is -0.611. The van der Waals surface area contributed by atoms with Crippen LogP contribution < -0.4 is 15.9 Å². The van der Waals surface area contributed by atoms with E-state index < -0.39 is 29.2 Å². The highest BCUT2D eigenvalue weighted by Crippen LogP contribution is 2.32. The third kappa shape index (κ3) is 7.36. The van der Waals surface area contributed by atoms with Crippen molar-refractivity contribution in [3.8, 4) is 0 Å². The zero-order valence-corrected chi connectivity index (χ0v) is 18.0. The summed E-state index contributed by atoms with van der Waals surface area (Å²) in [4.78, 5) is -0.0858. The smallest absolute Gasteiger partial charge is 0.294 e. The van der Waals surface area contributed by atoms with Gasteiger partial charge >= 0.3 is 0 Å². The molecule has 8 heteroatoms. The van der Waals surface area contributed by atoms with Gasteiger partial charge in [-0.3, -0.25) is 4.55 Å². The van der Waals surface area contributed by atoms with Crippen molar-refractivity contribution in [2.75, 3.05) is 12.5 Å². The summed E-state index contributed by atoms with van der Waals surface area (Å²) in [7, 11) is -4.94. The first-order valence-corrected chi connectivity index (χ1v) is 12.8. The van der Waals surface area contributed by atoms with Crippen molar-refractivity contribution in [3.05, 3.63) is 84.9 Å². The predicted octanol–water partition coefficient (Wildman–Crippen LogP) is 1.86. The van der Waals surface area contributed by atoms with Crippen molar-refractivity contribution in [3.63, 3.8) is 0 Å². The predicted molar refractivity (Wildman–Crippen MR) is 119 cm³/mol. The molecule has 0 aromatic heterocycles. The van der Waals surface area contributed by atoms with Gasteiger partial charge in [-0.25, -0.2) is 0 Å². The number of hydrogen-bond donors (Lipinski definition) is 1. The van der Waals surface area contributed by atoms with Crippen LogP contribution in [-0.4, -0.2) is 35.5 Å². The standard InChI is InChI=1S/C18H15O3PS.C2H6OS.H2O/c19-23(20,21)18-13-11-17(12-14-18)22(15-7-3-1-4-8-15)16-9-5-2-6-10-16;1-4(2)3;/h1-14H,(H,19,20,21);1-2H3;1H2.